The molecule has 1 unspecified atom stereocenters. The van der Waals surface area contributed by atoms with Crippen molar-refractivity contribution in [3.63, 3.8) is 0 Å². The number of aliphatic hydroxyl groups is 1. The van der Waals surface area contributed by atoms with Crippen LogP contribution in [0.15, 0.2) is 24.3 Å². The second-order valence-corrected chi connectivity index (χ2v) is 18.0. The SMILES string of the molecule is CCCCCCCCCC1(C(O)c2ccc(C(=O)NCCCCCCNC(=O)CCCC[C@@H]3SC[C@@H]4NC(=O)N[C@@H]43)cc2)SCCCS1. The van der Waals surface area contributed by atoms with Gasteiger partial charge in [0.1, 0.15) is 6.10 Å². The molecule has 3 aliphatic rings. The van der Waals surface area contributed by atoms with Crippen molar-refractivity contribution < 1.29 is 19.5 Å². The molecule has 4 amide bonds. The standard InChI is InChI=1S/C37H60N4O4S3/c1-2-3-4-5-6-7-12-22-37(47-25-15-26-48-37)34(43)28-18-20-29(21-19-28)35(44)39-24-14-9-8-13-23-38-32(42)17-11-10-16-31-33-30(27-46-31)40-36(45)41-33/h18-21,30-31,33-34,43H,2-17,22-27H2,1H3,(H,38,42)(H,39,44)(H2,40,41,45)/t30-,31-,33-,34?/m0/s1. The number of aliphatic hydroxyl groups excluding tert-OH is 1. The van der Waals surface area contributed by atoms with Gasteiger partial charge in [0.05, 0.1) is 16.2 Å². The summed E-state index contributed by atoms with van der Waals surface area (Å²) >= 11 is 5.78. The smallest absolute Gasteiger partial charge is 0.315 e. The first kappa shape index (κ1) is 39.2. The summed E-state index contributed by atoms with van der Waals surface area (Å²) in [5.41, 5.74) is 1.54. The van der Waals surface area contributed by atoms with E-state index < -0.39 is 6.10 Å². The minimum atomic E-state index is -0.542. The summed E-state index contributed by atoms with van der Waals surface area (Å²) in [7, 11) is 0. The van der Waals surface area contributed by atoms with E-state index in [0.29, 0.717) is 30.3 Å². The van der Waals surface area contributed by atoms with Crippen LogP contribution in [0.2, 0.25) is 0 Å². The molecule has 3 saturated heterocycles. The molecular weight excluding hydrogens is 661 g/mol. The summed E-state index contributed by atoms with van der Waals surface area (Å²) in [6.45, 7) is 3.58. The first-order chi connectivity index (χ1) is 23.4. The Morgan fingerprint density at radius 1 is 0.875 bits per heavy atom. The number of hydrogen-bond acceptors (Lipinski definition) is 7. The van der Waals surface area contributed by atoms with E-state index in [2.05, 4.69) is 28.2 Å². The molecule has 0 spiro atoms. The predicted molar refractivity (Wildman–Crippen MR) is 204 cm³/mol. The zero-order valence-corrected chi connectivity index (χ0v) is 31.5. The molecule has 3 fully saturated rings. The lowest BCUT2D eigenvalue weighted by atomic mass is 9.99. The van der Waals surface area contributed by atoms with E-state index in [0.717, 1.165) is 80.6 Å². The Labute approximate surface area is 302 Å². The molecule has 1 aromatic carbocycles. The first-order valence-corrected chi connectivity index (χ1v) is 21.7. The third-order valence-corrected chi connectivity index (χ3v) is 14.8. The minimum absolute atomic E-state index is 0.0487. The quantitative estimate of drug-likeness (QED) is 0.0585. The van der Waals surface area contributed by atoms with Crippen LogP contribution in [0.5, 0.6) is 0 Å². The number of nitrogens with one attached hydrogen (secondary N) is 4. The van der Waals surface area contributed by atoms with Crippen molar-refractivity contribution >= 4 is 53.1 Å². The van der Waals surface area contributed by atoms with Gasteiger partial charge < -0.3 is 26.4 Å². The Kier molecular flexibility index (Phi) is 17.7. The van der Waals surface area contributed by atoms with E-state index in [1.54, 1.807) is 0 Å². The van der Waals surface area contributed by atoms with Crippen molar-refractivity contribution in [3.8, 4) is 0 Å². The molecular formula is C37H60N4O4S3. The minimum Gasteiger partial charge on any atom is -0.386 e. The summed E-state index contributed by atoms with van der Waals surface area (Å²) in [6.07, 6.45) is 17.9. The number of carbonyl (C=O) groups is 3. The second kappa shape index (κ2) is 21.6. The molecule has 48 heavy (non-hydrogen) atoms. The second-order valence-electron chi connectivity index (χ2n) is 13.6. The highest BCUT2D eigenvalue weighted by molar-refractivity contribution is 8.18. The molecule has 11 heteroatoms. The van der Waals surface area contributed by atoms with Crippen LogP contribution >= 0.6 is 35.3 Å². The molecule has 270 valence electrons. The highest BCUT2D eigenvalue weighted by Crippen LogP contribution is 2.53. The molecule has 0 radical (unpaired) electrons. The van der Waals surface area contributed by atoms with Crippen LogP contribution in [0, 0.1) is 0 Å². The number of rotatable bonds is 23. The van der Waals surface area contributed by atoms with Gasteiger partial charge in [0, 0.05) is 36.1 Å². The van der Waals surface area contributed by atoms with Crippen molar-refractivity contribution in [1.29, 1.82) is 0 Å². The number of carbonyl (C=O) groups excluding carboxylic acids is 3. The van der Waals surface area contributed by atoms with Crippen molar-refractivity contribution in [2.75, 3.05) is 30.3 Å². The fourth-order valence-electron chi connectivity index (χ4n) is 6.93. The maximum atomic E-state index is 12.8. The summed E-state index contributed by atoms with van der Waals surface area (Å²) in [5.74, 6) is 3.21. The van der Waals surface area contributed by atoms with Gasteiger partial charge in [-0.3, -0.25) is 9.59 Å². The fraction of sp³-hybridized carbons (Fsp3) is 0.757. The number of fused-ring (bicyclic) bond motifs is 1. The molecule has 1 aromatic rings. The third kappa shape index (κ3) is 12.6. The van der Waals surface area contributed by atoms with Crippen LogP contribution < -0.4 is 21.3 Å². The molecule has 3 heterocycles. The van der Waals surface area contributed by atoms with Gasteiger partial charge in [-0.15, -0.1) is 23.5 Å². The maximum Gasteiger partial charge on any atom is 0.315 e. The van der Waals surface area contributed by atoms with Crippen molar-refractivity contribution in [1.82, 2.24) is 21.3 Å². The van der Waals surface area contributed by atoms with Crippen LogP contribution in [0.4, 0.5) is 4.79 Å². The van der Waals surface area contributed by atoms with E-state index in [-0.39, 0.29) is 34.0 Å². The van der Waals surface area contributed by atoms with Gasteiger partial charge in [0.25, 0.3) is 5.91 Å². The van der Waals surface area contributed by atoms with Crippen LogP contribution in [0.25, 0.3) is 0 Å². The summed E-state index contributed by atoms with van der Waals surface area (Å²) in [6, 6.07) is 8.02. The number of unbranched alkanes of at least 4 members (excludes halogenated alkanes) is 10. The molecule has 8 nitrogen and oxygen atoms in total. The molecule has 4 atom stereocenters. The Morgan fingerprint density at radius 3 is 2.27 bits per heavy atom. The van der Waals surface area contributed by atoms with Gasteiger partial charge in [-0.1, -0.05) is 83.3 Å². The molecule has 0 aromatic heterocycles. The largest absolute Gasteiger partial charge is 0.386 e. The number of hydrogen-bond donors (Lipinski definition) is 5. The van der Waals surface area contributed by atoms with E-state index in [1.807, 2.05) is 59.6 Å². The Bertz CT molecular complexity index is 1120. The van der Waals surface area contributed by atoms with E-state index in [4.69, 9.17) is 0 Å². The van der Waals surface area contributed by atoms with Gasteiger partial charge in [0.15, 0.2) is 0 Å². The van der Waals surface area contributed by atoms with Crippen molar-refractivity contribution in [2.45, 2.75) is 144 Å². The maximum absolute atomic E-state index is 12.8. The molecule has 0 saturated carbocycles. The zero-order chi connectivity index (χ0) is 34.0. The Hall–Kier alpha value is -1.56. The average molecular weight is 721 g/mol. The summed E-state index contributed by atoms with van der Waals surface area (Å²) in [4.78, 5) is 36.5. The van der Waals surface area contributed by atoms with E-state index in [1.165, 1.54) is 44.9 Å². The van der Waals surface area contributed by atoms with Gasteiger partial charge in [-0.2, -0.15) is 11.8 Å². The normalized spacial score (nSPS) is 22.0. The molecule has 0 aliphatic carbocycles. The number of benzene rings is 1. The summed E-state index contributed by atoms with van der Waals surface area (Å²) in [5, 5.41) is 24.1. The van der Waals surface area contributed by atoms with E-state index >= 15 is 0 Å². The topological polar surface area (TPSA) is 120 Å². The first-order valence-electron chi connectivity index (χ1n) is 18.7. The molecule has 3 aliphatic heterocycles. The van der Waals surface area contributed by atoms with Gasteiger partial charge in [-0.25, -0.2) is 4.79 Å². The lowest BCUT2D eigenvalue weighted by Crippen LogP contribution is -2.36. The molecule has 4 rings (SSSR count). The van der Waals surface area contributed by atoms with Gasteiger partial charge in [0.2, 0.25) is 5.91 Å². The van der Waals surface area contributed by atoms with Crippen molar-refractivity contribution in [2.24, 2.45) is 0 Å². The number of thioether (sulfide) groups is 3. The molecule has 0 bridgehead atoms. The van der Waals surface area contributed by atoms with Gasteiger partial charge >= 0.3 is 6.03 Å². The predicted octanol–water partition coefficient (Wildman–Crippen LogP) is 7.56. The van der Waals surface area contributed by atoms with Crippen LogP contribution in [-0.2, 0) is 4.79 Å². The lowest BCUT2D eigenvalue weighted by molar-refractivity contribution is -0.121. The highest BCUT2D eigenvalue weighted by Gasteiger charge is 2.43. The van der Waals surface area contributed by atoms with Crippen molar-refractivity contribution in [3.05, 3.63) is 35.4 Å². The van der Waals surface area contributed by atoms with Crippen LogP contribution in [-0.4, -0.2) is 74.7 Å². The zero-order valence-electron chi connectivity index (χ0n) is 29.1. The number of amides is 4. The van der Waals surface area contributed by atoms with Gasteiger partial charge in [-0.05, 0) is 67.7 Å². The highest BCUT2D eigenvalue weighted by atomic mass is 32.2. The Balaban J connectivity index is 1.03. The number of urea groups is 1. The monoisotopic (exact) mass is 720 g/mol. The van der Waals surface area contributed by atoms with E-state index in [9.17, 15) is 19.5 Å². The summed E-state index contributed by atoms with van der Waals surface area (Å²) < 4.78 is -0.192. The van der Waals surface area contributed by atoms with Crippen LogP contribution in [0.1, 0.15) is 138 Å². The lowest BCUT2D eigenvalue weighted by Gasteiger charge is -2.40. The fourth-order valence-corrected chi connectivity index (χ4v) is 11.9. The Morgan fingerprint density at radius 2 is 1.54 bits per heavy atom. The average Bonchev–Trinajstić information content (AvgIpc) is 3.66. The molecule has 5 N–H and O–H groups in total. The third-order valence-electron chi connectivity index (χ3n) is 9.81. The van der Waals surface area contributed by atoms with Crippen LogP contribution in [0.3, 0.4) is 0 Å².